The lowest BCUT2D eigenvalue weighted by molar-refractivity contribution is 0.415. The lowest BCUT2D eigenvalue weighted by atomic mass is 10.1. The maximum absolute atomic E-state index is 12.8. The van der Waals surface area contributed by atoms with Gasteiger partial charge in [-0.25, -0.2) is 0 Å². The van der Waals surface area contributed by atoms with Gasteiger partial charge in [-0.1, -0.05) is 0 Å². The Morgan fingerprint density at radius 3 is 2.67 bits per heavy atom. The summed E-state index contributed by atoms with van der Waals surface area (Å²) in [6.45, 7) is 4.57. The summed E-state index contributed by atoms with van der Waals surface area (Å²) in [5, 5.41) is 8.80. The fourth-order valence-corrected chi connectivity index (χ4v) is 4.58. The molecule has 0 saturated carbocycles. The molecule has 0 unspecified atom stereocenters. The van der Waals surface area contributed by atoms with E-state index in [1.165, 1.54) is 10.9 Å². The van der Waals surface area contributed by atoms with Crippen LogP contribution >= 0.6 is 0 Å². The van der Waals surface area contributed by atoms with Gasteiger partial charge in [0.1, 0.15) is 17.1 Å². The Bertz CT molecular complexity index is 1510. The summed E-state index contributed by atoms with van der Waals surface area (Å²) in [5.41, 5.74) is 4.92. The molecule has 0 bridgehead atoms. The van der Waals surface area contributed by atoms with Crippen molar-refractivity contribution >= 4 is 27.6 Å². The number of pyridine rings is 1. The van der Waals surface area contributed by atoms with Crippen LogP contribution in [0.1, 0.15) is 24.2 Å². The lowest BCUT2D eigenvalue weighted by Crippen LogP contribution is -2.23. The van der Waals surface area contributed by atoms with E-state index in [0.29, 0.717) is 11.0 Å². The zero-order chi connectivity index (χ0) is 24.9. The number of furan rings is 1. The van der Waals surface area contributed by atoms with Crippen molar-refractivity contribution in [1.29, 1.82) is 0 Å². The number of rotatable bonds is 11. The van der Waals surface area contributed by atoms with Gasteiger partial charge in [-0.2, -0.15) is 0 Å². The Labute approximate surface area is 210 Å². The third kappa shape index (κ3) is 5.16. The molecule has 2 aromatic carbocycles. The number of anilines is 1. The molecule has 186 valence electrons. The minimum atomic E-state index is -0.0707. The molecule has 7 nitrogen and oxygen atoms in total. The Kier molecular flexibility index (Phi) is 7.09. The number of aromatic nitrogens is 2. The van der Waals surface area contributed by atoms with E-state index in [2.05, 4.69) is 33.9 Å². The summed E-state index contributed by atoms with van der Waals surface area (Å²) >= 11 is 0. The van der Waals surface area contributed by atoms with Crippen molar-refractivity contribution in [3.05, 3.63) is 88.7 Å². The highest BCUT2D eigenvalue weighted by molar-refractivity contribution is 5.84. The molecule has 5 aromatic rings. The molecule has 0 amide bonds. The number of methoxy groups -OCH3 is 1. The van der Waals surface area contributed by atoms with Gasteiger partial charge in [-0.3, -0.25) is 9.36 Å². The van der Waals surface area contributed by atoms with Gasteiger partial charge in [0.05, 0.1) is 12.5 Å². The van der Waals surface area contributed by atoms with E-state index in [0.717, 1.165) is 67.3 Å². The van der Waals surface area contributed by atoms with Gasteiger partial charge in [-0.05, 0) is 92.9 Å². The molecule has 36 heavy (non-hydrogen) atoms. The normalized spacial score (nSPS) is 11.4. The van der Waals surface area contributed by atoms with Crippen LogP contribution in [-0.2, 0) is 6.42 Å². The molecule has 3 N–H and O–H groups in total. The van der Waals surface area contributed by atoms with Crippen molar-refractivity contribution in [2.75, 3.05) is 32.1 Å². The van der Waals surface area contributed by atoms with E-state index in [1.54, 1.807) is 23.9 Å². The van der Waals surface area contributed by atoms with Crippen LogP contribution in [0.25, 0.3) is 27.6 Å². The fourth-order valence-electron chi connectivity index (χ4n) is 4.58. The second kappa shape index (κ2) is 10.7. The van der Waals surface area contributed by atoms with Crippen LogP contribution in [-0.4, -0.2) is 36.3 Å². The topological polar surface area (TPSA) is 84.2 Å². The molecular weight excluding hydrogens is 452 g/mol. The second-order valence-electron chi connectivity index (χ2n) is 9.03. The number of nitrogens with zero attached hydrogens (tertiary/aromatic N) is 1. The molecule has 0 radical (unpaired) electrons. The van der Waals surface area contributed by atoms with Gasteiger partial charge in [0.15, 0.2) is 0 Å². The summed E-state index contributed by atoms with van der Waals surface area (Å²) in [4.78, 5) is 16.1. The number of benzene rings is 2. The van der Waals surface area contributed by atoms with Crippen LogP contribution in [0.4, 0.5) is 5.69 Å². The number of ether oxygens (including phenoxy) is 1. The molecule has 0 spiro atoms. The van der Waals surface area contributed by atoms with Crippen molar-refractivity contribution < 1.29 is 9.15 Å². The first-order chi connectivity index (χ1) is 17.6. The maximum Gasteiger partial charge on any atom is 0.266 e. The molecule has 3 heterocycles. The van der Waals surface area contributed by atoms with Crippen molar-refractivity contribution in [3.63, 3.8) is 0 Å². The van der Waals surface area contributed by atoms with Crippen molar-refractivity contribution in [3.8, 4) is 11.4 Å². The van der Waals surface area contributed by atoms with E-state index in [1.807, 2.05) is 43.3 Å². The van der Waals surface area contributed by atoms with Crippen LogP contribution in [0, 0.1) is 6.92 Å². The third-order valence-electron chi connectivity index (χ3n) is 6.51. The lowest BCUT2D eigenvalue weighted by Gasteiger charge is -2.10. The maximum atomic E-state index is 12.8. The Hall–Kier alpha value is -3.97. The van der Waals surface area contributed by atoms with Gasteiger partial charge in [-0.15, -0.1) is 0 Å². The number of hydrogen-bond donors (Lipinski definition) is 3. The first-order valence-electron chi connectivity index (χ1n) is 12.4. The van der Waals surface area contributed by atoms with Gasteiger partial charge >= 0.3 is 0 Å². The predicted octanol–water partition coefficient (Wildman–Crippen LogP) is 5.41. The molecule has 0 fully saturated rings. The minimum absolute atomic E-state index is 0.0707. The summed E-state index contributed by atoms with van der Waals surface area (Å²) in [7, 11) is 1.70. The molecule has 7 heteroatoms. The fraction of sp³-hybridized carbons (Fsp3) is 0.276. The van der Waals surface area contributed by atoms with E-state index < -0.39 is 0 Å². The smallest absolute Gasteiger partial charge is 0.266 e. The summed E-state index contributed by atoms with van der Waals surface area (Å²) < 4.78 is 12.6. The summed E-state index contributed by atoms with van der Waals surface area (Å²) in [5.74, 6) is 1.63. The average molecular weight is 485 g/mol. The standard InChI is InChI=1S/C29H32N4O3/c1-20-17-26-28(36-20)12-16-33(29(26)34)23-8-6-22(7-9-23)31-15-14-30-13-4-3-5-21-19-32-27-11-10-24(35-2)18-25(21)27/h6-12,16-19,30-32H,3-5,13-15H2,1-2H3. The molecule has 3 aromatic heterocycles. The van der Waals surface area contributed by atoms with Crippen LogP contribution in [0.2, 0.25) is 0 Å². The van der Waals surface area contributed by atoms with E-state index in [9.17, 15) is 4.79 Å². The van der Waals surface area contributed by atoms with Crippen LogP contribution < -0.4 is 20.9 Å². The quantitative estimate of drug-likeness (QED) is 0.219. The SMILES string of the molecule is COc1ccc2[nH]cc(CCCCNCCNc3ccc(-n4ccc5oc(C)cc5c4=O)cc3)c2c1. The monoisotopic (exact) mass is 484 g/mol. The number of H-pyrrole nitrogens is 1. The average Bonchev–Trinajstić information content (AvgIpc) is 3.49. The van der Waals surface area contributed by atoms with Crippen molar-refractivity contribution in [1.82, 2.24) is 14.9 Å². The van der Waals surface area contributed by atoms with Gasteiger partial charge in [0.25, 0.3) is 5.56 Å². The van der Waals surface area contributed by atoms with Gasteiger partial charge in [0.2, 0.25) is 0 Å². The molecule has 0 aliphatic rings. The molecular formula is C29H32N4O3. The molecule has 0 saturated heterocycles. The number of aromatic amines is 1. The number of unbranched alkanes of at least 4 members (excludes halogenated alkanes) is 1. The van der Waals surface area contributed by atoms with Crippen LogP contribution in [0.3, 0.4) is 0 Å². The Morgan fingerprint density at radius 2 is 1.83 bits per heavy atom. The van der Waals surface area contributed by atoms with Gasteiger partial charge in [0, 0.05) is 47.8 Å². The highest BCUT2D eigenvalue weighted by Crippen LogP contribution is 2.24. The highest BCUT2D eigenvalue weighted by atomic mass is 16.5. The molecule has 0 aliphatic carbocycles. The zero-order valence-corrected chi connectivity index (χ0v) is 20.8. The second-order valence-corrected chi connectivity index (χ2v) is 9.03. The Morgan fingerprint density at radius 1 is 0.972 bits per heavy atom. The predicted molar refractivity (Wildman–Crippen MR) is 146 cm³/mol. The van der Waals surface area contributed by atoms with E-state index in [4.69, 9.17) is 9.15 Å². The van der Waals surface area contributed by atoms with Crippen LogP contribution in [0.5, 0.6) is 5.75 Å². The number of fused-ring (bicyclic) bond motifs is 2. The number of aryl methyl sites for hydroxylation is 2. The largest absolute Gasteiger partial charge is 0.497 e. The van der Waals surface area contributed by atoms with Gasteiger partial charge < -0.3 is 24.8 Å². The number of nitrogens with one attached hydrogen (secondary N) is 3. The zero-order valence-electron chi connectivity index (χ0n) is 20.8. The summed E-state index contributed by atoms with van der Waals surface area (Å²) in [6, 6.07) is 17.7. The summed E-state index contributed by atoms with van der Waals surface area (Å²) in [6.07, 6.45) is 7.18. The molecule has 5 rings (SSSR count). The molecule has 0 atom stereocenters. The highest BCUT2D eigenvalue weighted by Gasteiger charge is 2.09. The van der Waals surface area contributed by atoms with E-state index >= 15 is 0 Å². The van der Waals surface area contributed by atoms with E-state index in [-0.39, 0.29) is 5.56 Å². The molecule has 0 aliphatic heterocycles. The Balaban J connectivity index is 1.03. The minimum Gasteiger partial charge on any atom is -0.497 e. The first kappa shape index (κ1) is 23.8. The van der Waals surface area contributed by atoms with Crippen molar-refractivity contribution in [2.24, 2.45) is 0 Å². The van der Waals surface area contributed by atoms with Crippen molar-refractivity contribution in [2.45, 2.75) is 26.2 Å². The van der Waals surface area contributed by atoms with Crippen LogP contribution in [0.15, 0.2) is 76.2 Å². The third-order valence-corrected chi connectivity index (χ3v) is 6.51. The first-order valence-corrected chi connectivity index (χ1v) is 12.4. The number of hydrogen-bond acceptors (Lipinski definition) is 5.